The number of anilines is 1. The zero-order valence-corrected chi connectivity index (χ0v) is 20.2. The van der Waals surface area contributed by atoms with Crippen molar-refractivity contribution in [3.63, 3.8) is 0 Å². The number of aromatic amines is 1. The molecule has 2 aromatic carbocycles. The van der Waals surface area contributed by atoms with Gasteiger partial charge < -0.3 is 20.2 Å². The number of hydrogen-bond donors (Lipinski definition) is 2. The van der Waals surface area contributed by atoms with Crippen molar-refractivity contribution in [1.82, 2.24) is 24.4 Å². The van der Waals surface area contributed by atoms with E-state index in [-0.39, 0.29) is 24.1 Å². The van der Waals surface area contributed by atoms with Crippen LogP contribution in [0.2, 0.25) is 0 Å². The molecule has 188 valence electrons. The smallest absolute Gasteiger partial charge is 0.328 e. The van der Waals surface area contributed by atoms with Crippen molar-refractivity contribution in [2.24, 2.45) is 0 Å². The van der Waals surface area contributed by atoms with Crippen LogP contribution >= 0.6 is 0 Å². The molecule has 9 nitrogen and oxygen atoms in total. The predicted octanol–water partition coefficient (Wildman–Crippen LogP) is 4.07. The van der Waals surface area contributed by atoms with Crippen LogP contribution in [0.4, 0.5) is 10.2 Å². The Morgan fingerprint density at radius 1 is 1.08 bits per heavy atom. The minimum absolute atomic E-state index is 0.0894. The van der Waals surface area contributed by atoms with E-state index in [0.29, 0.717) is 29.1 Å². The summed E-state index contributed by atoms with van der Waals surface area (Å²) in [5.74, 6) is 0.263. The minimum atomic E-state index is -0.525. The molecule has 1 aliphatic rings. The lowest BCUT2D eigenvalue weighted by atomic mass is 10.1. The number of nitrogen functional groups attached to an aromatic ring is 1. The molecule has 2 aromatic heterocycles. The quantitative estimate of drug-likeness (QED) is 0.321. The van der Waals surface area contributed by atoms with Crippen molar-refractivity contribution in [1.29, 1.82) is 0 Å². The zero-order chi connectivity index (χ0) is 25.1. The van der Waals surface area contributed by atoms with Gasteiger partial charge >= 0.3 is 11.7 Å². The van der Waals surface area contributed by atoms with Gasteiger partial charge in [0.15, 0.2) is 23.0 Å². The first-order valence-electron chi connectivity index (χ1n) is 12.2. The van der Waals surface area contributed by atoms with Crippen molar-refractivity contribution < 1.29 is 13.9 Å². The van der Waals surface area contributed by atoms with Crippen LogP contribution in [0.25, 0.3) is 11.2 Å². The maximum atomic E-state index is 14.9. The van der Waals surface area contributed by atoms with Gasteiger partial charge in [-0.2, -0.15) is 9.97 Å². The number of H-pyrrole nitrogens is 1. The average Bonchev–Trinajstić information content (AvgIpc) is 3.15. The molecule has 5 rings (SSSR count). The molecule has 3 heterocycles. The van der Waals surface area contributed by atoms with E-state index in [1.165, 1.54) is 22.6 Å². The Morgan fingerprint density at radius 3 is 2.56 bits per heavy atom. The molecule has 1 fully saturated rings. The van der Waals surface area contributed by atoms with Crippen molar-refractivity contribution >= 4 is 17.0 Å². The van der Waals surface area contributed by atoms with Crippen molar-refractivity contribution in [2.45, 2.75) is 39.3 Å². The third-order valence-electron chi connectivity index (χ3n) is 6.20. The van der Waals surface area contributed by atoms with E-state index < -0.39 is 11.5 Å². The number of likely N-dealkylation sites (tertiary alicyclic amines) is 1. The van der Waals surface area contributed by atoms with E-state index in [2.05, 4.69) is 19.9 Å². The summed E-state index contributed by atoms with van der Waals surface area (Å²) >= 11 is 0. The maximum absolute atomic E-state index is 14.9. The summed E-state index contributed by atoms with van der Waals surface area (Å²) in [7, 11) is 0. The van der Waals surface area contributed by atoms with Crippen molar-refractivity contribution in [2.75, 3.05) is 25.4 Å². The van der Waals surface area contributed by atoms with Gasteiger partial charge in [-0.15, -0.1) is 0 Å². The number of benzene rings is 2. The van der Waals surface area contributed by atoms with E-state index in [1.54, 1.807) is 12.1 Å². The van der Waals surface area contributed by atoms with Crippen LogP contribution in [0.15, 0.2) is 47.3 Å². The first kappa shape index (κ1) is 23.8. The van der Waals surface area contributed by atoms with E-state index in [0.717, 1.165) is 32.5 Å². The highest BCUT2D eigenvalue weighted by Crippen LogP contribution is 2.27. The van der Waals surface area contributed by atoms with Crippen LogP contribution in [-0.2, 0) is 13.1 Å². The second kappa shape index (κ2) is 10.4. The van der Waals surface area contributed by atoms with Gasteiger partial charge in [0.05, 0.1) is 13.2 Å². The summed E-state index contributed by atoms with van der Waals surface area (Å²) in [5, 5.41) is 0. The Bertz CT molecular complexity index is 1410. The fourth-order valence-electron chi connectivity index (χ4n) is 4.05. The number of nitrogens with two attached hydrogens (primary N) is 1. The third-order valence-corrected chi connectivity index (χ3v) is 6.20. The lowest BCUT2D eigenvalue weighted by Gasteiger charge is -2.30. The Morgan fingerprint density at radius 2 is 1.86 bits per heavy atom. The molecule has 0 saturated carbocycles. The maximum Gasteiger partial charge on any atom is 0.328 e. The molecule has 0 radical (unpaired) electrons. The Kier molecular flexibility index (Phi) is 6.86. The molecular formula is C26H29FN6O3. The standard InChI is InChI=1S/C26H29FN6O3/c1-2-3-13-35-25-30-23(28)22-24(31-25)33(26(34)29-22)16-18-7-10-21(20(27)14-18)36-19-8-5-17(6-9-19)15-32-11-4-12-32/h5-10,14H,2-4,11-13,15-16H2,1H3,(H,29,34)(H2,28,30,31). The Balaban J connectivity index is 1.31. The van der Waals surface area contributed by atoms with Crippen molar-refractivity contribution in [3.05, 3.63) is 69.9 Å². The molecule has 0 amide bonds. The summed E-state index contributed by atoms with van der Waals surface area (Å²) in [5.41, 5.74) is 7.97. The number of fused-ring (bicyclic) bond motifs is 1. The lowest BCUT2D eigenvalue weighted by Crippen LogP contribution is -2.36. The number of halogens is 1. The van der Waals surface area contributed by atoms with Crippen LogP contribution in [-0.4, -0.2) is 44.1 Å². The molecule has 0 unspecified atom stereocenters. The predicted molar refractivity (Wildman–Crippen MR) is 135 cm³/mol. The number of ether oxygens (including phenoxy) is 2. The molecule has 4 aromatic rings. The number of unbranched alkanes of at least 4 members (excludes halogenated alkanes) is 1. The van der Waals surface area contributed by atoms with E-state index in [1.807, 2.05) is 31.2 Å². The molecule has 0 atom stereocenters. The first-order valence-corrected chi connectivity index (χ1v) is 12.2. The molecular weight excluding hydrogens is 463 g/mol. The fraction of sp³-hybridized carbons (Fsp3) is 0.346. The summed E-state index contributed by atoms with van der Waals surface area (Å²) < 4.78 is 27.6. The monoisotopic (exact) mass is 492 g/mol. The summed E-state index contributed by atoms with van der Waals surface area (Å²) in [6.45, 7) is 5.77. The number of hydrogen-bond acceptors (Lipinski definition) is 7. The van der Waals surface area contributed by atoms with Crippen LogP contribution in [0.3, 0.4) is 0 Å². The molecule has 3 N–H and O–H groups in total. The topological polar surface area (TPSA) is 111 Å². The molecule has 36 heavy (non-hydrogen) atoms. The second-order valence-electron chi connectivity index (χ2n) is 8.95. The summed E-state index contributed by atoms with van der Waals surface area (Å²) in [6, 6.07) is 12.4. The van der Waals surface area contributed by atoms with E-state index in [4.69, 9.17) is 15.2 Å². The van der Waals surface area contributed by atoms with Crippen LogP contribution in [0.5, 0.6) is 17.5 Å². The molecule has 0 spiro atoms. The molecule has 1 saturated heterocycles. The molecule has 1 aliphatic heterocycles. The van der Waals surface area contributed by atoms with Gasteiger partial charge in [-0.05, 0) is 61.3 Å². The van der Waals surface area contributed by atoms with Crippen LogP contribution in [0, 0.1) is 5.82 Å². The second-order valence-corrected chi connectivity index (χ2v) is 8.95. The molecule has 0 bridgehead atoms. The first-order chi connectivity index (χ1) is 17.5. The highest BCUT2D eigenvalue weighted by molar-refractivity contribution is 5.81. The van der Waals surface area contributed by atoms with Gasteiger partial charge in [-0.1, -0.05) is 31.5 Å². The largest absolute Gasteiger partial charge is 0.463 e. The van der Waals surface area contributed by atoms with Crippen LogP contribution in [0.1, 0.15) is 37.3 Å². The molecule has 10 heteroatoms. The minimum Gasteiger partial charge on any atom is -0.463 e. The third kappa shape index (κ3) is 5.18. The zero-order valence-electron chi connectivity index (χ0n) is 20.2. The van der Waals surface area contributed by atoms with Gasteiger partial charge in [0.1, 0.15) is 11.3 Å². The van der Waals surface area contributed by atoms with E-state index in [9.17, 15) is 9.18 Å². The van der Waals surface area contributed by atoms with Crippen LogP contribution < -0.4 is 20.9 Å². The van der Waals surface area contributed by atoms with Gasteiger partial charge in [-0.25, -0.2) is 9.18 Å². The number of rotatable bonds is 10. The van der Waals surface area contributed by atoms with E-state index >= 15 is 0 Å². The number of nitrogens with zero attached hydrogens (tertiary/aromatic N) is 4. The Labute approximate surface area is 207 Å². The van der Waals surface area contributed by atoms with Crippen molar-refractivity contribution in [3.8, 4) is 17.5 Å². The van der Waals surface area contributed by atoms with Gasteiger partial charge in [0, 0.05) is 6.54 Å². The van der Waals surface area contributed by atoms with Gasteiger partial charge in [0.2, 0.25) is 0 Å². The highest BCUT2D eigenvalue weighted by Gasteiger charge is 2.16. The molecule has 0 aliphatic carbocycles. The Hall–Kier alpha value is -3.92. The van der Waals surface area contributed by atoms with Gasteiger partial charge in [-0.3, -0.25) is 9.47 Å². The number of aromatic nitrogens is 4. The summed E-state index contributed by atoms with van der Waals surface area (Å²) in [4.78, 5) is 26.1. The lowest BCUT2D eigenvalue weighted by molar-refractivity contribution is 0.172. The average molecular weight is 493 g/mol. The summed E-state index contributed by atoms with van der Waals surface area (Å²) in [6.07, 6.45) is 3.06. The number of nitrogens with one attached hydrogen (secondary N) is 1. The SMILES string of the molecule is CCCCOc1nc(N)c2[nH]c(=O)n(Cc3ccc(Oc4ccc(CN5CCC5)cc4)c(F)c3)c2n1. The highest BCUT2D eigenvalue weighted by atomic mass is 19.1. The fourth-order valence-corrected chi connectivity index (χ4v) is 4.05. The normalized spacial score (nSPS) is 13.6. The van der Waals surface area contributed by atoms with Gasteiger partial charge in [0.25, 0.3) is 0 Å². The number of imidazole rings is 1.